The fourth-order valence-electron chi connectivity index (χ4n) is 1.24. The second kappa shape index (κ2) is 2.65. The quantitative estimate of drug-likeness (QED) is 0.612. The van der Waals surface area contributed by atoms with Gasteiger partial charge in [-0.2, -0.15) is 0 Å². The van der Waals surface area contributed by atoms with Gasteiger partial charge in [0.1, 0.15) is 0 Å². The molecule has 0 radical (unpaired) electrons. The van der Waals surface area contributed by atoms with Crippen LogP contribution in [0.1, 0.15) is 23.1 Å². The molecule has 4 heteroatoms. The molecular weight excluding hydrogens is 166 g/mol. The van der Waals surface area contributed by atoms with E-state index in [1.807, 2.05) is 25.3 Å². The zero-order chi connectivity index (χ0) is 9.42. The van der Waals surface area contributed by atoms with E-state index < -0.39 is 0 Å². The summed E-state index contributed by atoms with van der Waals surface area (Å²) in [5.74, 6) is 0.316. The SMILES string of the molecule is CC(=O)c1nnc2ccc(C)cn12. The van der Waals surface area contributed by atoms with Gasteiger partial charge in [-0.1, -0.05) is 6.07 Å². The topological polar surface area (TPSA) is 47.3 Å². The maximum Gasteiger partial charge on any atom is 0.204 e. The van der Waals surface area contributed by atoms with Crippen LogP contribution in [0.15, 0.2) is 18.3 Å². The third-order valence-electron chi connectivity index (χ3n) is 1.87. The van der Waals surface area contributed by atoms with Crippen LogP contribution in [0.5, 0.6) is 0 Å². The molecule has 0 saturated carbocycles. The Morgan fingerprint density at radius 2 is 2.15 bits per heavy atom. The van der Waals surface area contributed by atoms with Crippen molar-refractivity contribution in [2.75, 3.05) is 0 Å². The van der Waals surface area contributed by atoms with Crippen LogP contribution in [0, 0.1) is 6.92 Å². The zero-order valence-electron chi connectivity index (χ0n) is 7.48. The predicted octanol–water partition coefficient (Wildman–Crippen LogP) is 1.24. The van der Waals surface area contributed by atoms with E-state index in [4.69, 9.17) is 0 Å². The number of aryl methyl sites for hydroxylation is 1. The fourth-order valence-corrected chi connectivity index (χ4v) is 1.24. The highest BCUT2D eigenvalue weighted by Gasteiger charge is 2.08. The Balaban J connectivity index is 2.79. The minimum absolute atomic E-state index is 0.0712. The highest BCUT2D eigenvalue weighted by Crippen LogP contribution is 2.06. The van der Waals surface area contributed by atoms with Gasteiger partial charge in [-0.25, -0.2) is 0 Å². The van der Waals surface area contributed by atoms with Gasteiger partial charge in [0.25, 0.3) is 0 Å². The summed E-state index contributed by atoms with van der Waals surface area (Å²) in [5.41, 5.74) is 1.78. The van der Waals surface area contributed by atoms with E-state index in [-0.39, 0.29) is 5.78 Å². The molecule has 13 heavy (non-hydrogen) atoms. The maximum atomic E-state index is 11.1. The van der Waals surface area contributed by atoms with Gasteiger partial charge in [-0.05, 0) is 18.6 Å². The molecule has 0 unspecified atom stereocenters. The van der Waals surface area contributed by atoms with E-state index in [0.29, 0.717) is 11.5 Å². The number of hydrogen-bond donors (Lipinski definition) is 0. The van der Waals surface area contributed by atoms with E-state index in [2.05, 4.69) is 10.2 Å². The van der Waals surface area contributed by atoms with Crippen LogP contribution in [-0.2, 0) is 0 Å². The highest BCUT2D eigenvalue weighted by atomic mass is 16.1. The van der Waals surface area contributed by atoms with Crippen LogP contribution >= 0.6 is 0 Å². The molecule has 0 bridgehead atoms. The molecule has 2 aromatic heterocycles. The van der Waals surface area contributed by atoms with Crippen LogP contribution in [-0.4, -0.2) is 20.4 Å². The smallest absolute Gasteiger partial charge is 0.204 e. The monoisotopic (exact) mass is 175 g/mol. The molecule has 2 aromatic rings. The van der Waals surface area contributed by atoms with E-state index in [1.54, 1.807) is 4.40 Å². The molecule has 0 atom stereocenters. The molecule has 4 nitrogen and oxygen atoms in total. The summed E-state index contributed by atoms with van der Waals surface area (Å²) >= 11 is 0. The van der Waals surface area contributed by atoms with Gasteiger partial charge in [-0.3, -0.25) is 9.20 Å². The Labute approximate surface area is 75.2 Å². The van der Waals surface area contributed by atoms with E-state index >= 15 is 0 Å². The zero-order valence-corrected chi connectivity index (χ0v) is 7.48. The molecule has 0 amide bonds. The third-order valence-corrected chi connectivity index (χ3v) is 1.87. The molecule has 0 saturated heterocycles. The molecule has 2 heterocycles. The van der Waals surface area contributed by atoms with Gasteiger partial charge < -0.3 is 0 Å². The molecule has 0 spiro atoms. The highest BCUT2D eigenvalue weighted by molar-refractivity contribution is 5.91. The average Bonchev–Trinajstić information content (AvgIpc) is 2.46. The second-order valence-electron chi connectivity index (χ2n) is 3.01. The largest absolute Gasteiger partial charge is 0.291 e. The van der Waals surface area contributed by atoms with Gasteiger partial charge in [0.05, 0.1) is 0 Å². The first-order valence-electron chi connectivity index (χ1n) is 4.01. The van der Waals surface area contributed by atoms with Crippen LogP contribution in [0.4, 0.5) is 0 Å². The van der Waals surface area contributed by atoms with Crippen LogP contribution in [0.2, 0.25) is 0 Å². The van der Waals surface area contributed by atoms with Crippen molar-refractivity contribution in [2.24, 2.45) is 0 Å². The average molecular weight is 175 g/mol. The van der Waals surface area contributed by atoms with Gasteiger partial charge >= 0.3 is 0 Å². The van der Waals surface area contributed by atoms with Crippen molar-refractivity contribution >= 4 is 11.4 Å². The molecule has 66 valence electrons. The normalized spacial score (nSPS) is 10.6. The minimum atomic E-state index is -0.0712. The molecule has 0 aliphatic heterocycles. The van der Waals surface area contributed by atoms with Crippen molar-refractivity contribution in [3.8, 4) is 0 Å². The minimum Gasteiger partial charge on any atom is -0.291 e. The molecule has 0 aliphatic carbocycles. The predicted molar refractivity (Wildman–Crippen MR) is 47.7 cm³/mol. The van der Waals surface area contributed by atoms with Crippen LogP contribution in [0.25, 0.3) is 5.65 Å². The fraction of sp³-hybridized carbons (Fsp3) is 0.222. The van der Waals surface area contributed by atoms with Crippen molar-refractivity contribution in [3.63, 3.8) is 0 Å². The van der Waals surface area contributed by atoms with Crippen molar-refractivity contribution in [1.29, 1.82) is 0 Å². The number of fused-ring (bicyclic) bond motifs is 1. The summed E-state index contributed by atoms with van der Waals surface area (Å²) in [4.78, 5) is 11.1. The van der Waals surface area contributed by atoms with Crippen LogP contribution < -0.4 is 0 Å². The van der Waals surface area contributed by atoms with E-state index in [1.165, 1.54) is 6.92 Å². The van der Waals surface area contributed by atoms with Gasteiger partial charge in [0, 0.05) is 13.1 Å². The van der Waals surface area contributed by atoms with Crippen molar-refractivity contribution in [1.82, 2.24) is 14.6 Å². The summed E-state index contributed by atoms with van der Waals surface area (Å²) in [7, 11) is 0. The van der Waals surface area contributed by atoms with E-state index in [0.717, 1.165) is 5.56 Å². The lowest BCUT2D eigenvalue weighted by Crippen LogP contribution is -2.00. The van der Waals surface area contributed by atoms with Gasteiger partial charge in [-0.15, -0.1) is 10.2 Å². The molecule has 0 aliphatic rings. The Bertz CT molecular complexity index is 473. The number of rotatable bonds is 1. The molecular formula is C9H9N3O. The Hall–Kier alpha value is -1.71. The summed E-state index contributed by atoms with van der Waals surface area (Å²) in [6.45, 7) is 3.45. The maximum absolute atomic E-state index is 11.1. The van der Waals surface area contributed by atoms with Crippen molar-refractivity contribution in [2.45, 2.75) is 13.8 Å². The number of Topliss-reactive ketones (excluding diaryl/α,β-unsaturated/α-hetero) is 1. The number of aromatic nitrogens is 3. The van der Waals surface area contributed by atoms with Crippen molar-refractivity contribution < 1.29 is 4.79 Å². The number of carbonyl (C=O) groups is 1. The number of hydrogen-bond acceptors (Lipinski definition) is 3. The summed E-state index contributed by atoms with van der Waals surface area (Å²) < 4.78 is 1.71. The summed E-state index contributed by atoms with van der Waals surface area (Å²) in [6.07, 6.45) is 1.85. The molecule has 0 aromatic carbocycles. The van der Waals surface area contributed by atoms with Gasteiger partial charge in [0.2, 0.25) is 5.82 Å². The first-order valence-corrected chi connectivity index (χ1v) is 4.01. The number of nitrogens with zero attached hydrogens (tertiary/aromatic N) is 3. The first kappa shape index (κ1) is 7.91. The third kappa shape index (κ3) is 1.20. The Kier molecular flexibility index (Phi) is 1.62. The number of pyridine rings is 1. The second-order valence-corrected chi connectivity index (χ2v) is 3.01. The first-order chi connectivity index (χ1) is 6.18. The lowest BCUT2D eigenvalue weighted by Gasteiger charge is -1.96. The standard InChI is InChI=1S/C9H9N3O/c1-6-3-4-8-10-11-9(7(2)13)12(8)5-6/h3-5H,1-2H3. The van der Waals surface area contributed by atoms with Crippen LogP contribution in [0.3, 0.4) is 0 Å². The van der Waals surface area contributed by atoms with E-state index in [9.17, 15) is 4.79 Å². The molecule has 0 fully saturated rings. The molecule has 0 N–H and O–H groups in total. The molecule has 2 rings (SSSR count). The Morgan fingerprint density at radius 3 is 2.85 bits per heavy atom. The summed E-state index contributed by atoms with van der Waals surface area (Å²) in [5, 5.41) is 7.67. The lowest BCUT2D eigenvalue weighted by molar-refractivity contribution is 0.100. The number of carbonyl (C=O) groups excluding carboxylic acids is 1. The number of ketones is 1. The Morgan fingerprint density at radius 1 is 1.38 bits per heavy atom. The van der Waals surface area contributed by atoms with Gasteiger partial charge in [0.15, 0.2) is 11.4 Å². The lowest BCUT2D eigenvalue weighted by atomic mass is 10.3. The summed E-state index contributed by atoms with van der Waals surface area (Å²) in [6, 6.07) is 3.78. The van der Waals surface area contributed by atoms with Crippen molar-refractivity contribution in [3.05, 3.63) is 29.7 Å².